The molecule has 2 heterocycles. The van der Waals surface area contributed by atoms with E-state index in [9.17, 15) is 4.79 Å². The zero-order chi connectivity index (χ0) is 10.5. The molecule has 4 heteroatoms. The second-order valence-corrected chi connectivity index (χ2v) is 5.52. The first-order chi connectivity index (χ1) is 7.38. The molecule has 0 radical (unpaired) electrons. The summed E-state index contributed by atoms with van der Waals surface area (Å²) in [5, 5.41) is 3.38. The predicted octanol–water partition coefficient (Wildman–Crippen LogP) is 1.09. The summed E-state index contributed by atoms with van der Waals surface area (Å²) in [5.41, 5.74) is 0. The van der Waals surface area contributed by atoms with Crippen LogP contribution in [0.3, 0.4) is 0 Å². The van der Waals surface area contributed by atoms with Gasteiger partial charge >= 0.3 is 0 Å². The third kappa shape index (κ3) is 3.11. The summed E-state index contributed by atoms with van der Waals surface area (Å²) >= 11 is 1.95. The first-order valence-corrected chi connectivity index (χ1v) is 7.13. The number of nitrogens with zero attached hydrogens (tertiary/aromatic N) is 1. The number of hydrogen-bond acceptors (Lipinski definition) is 3. The number of carbonyl (C=O) groups is 1. The van der Waals surface area contributed by atoms with Crippen LogP contribution in [0.2, 0.25) is 0 Å². The van der Waals surface area contributed by atoms with Gasteiger partial charge in [0.15, 0.2) is 0 Å². The molecule has 1 amide bonds. The highest BCUT2D eigenvalue weighted by Gasteiger charge is 2.25. The molecule has 2 fully saturated rings. The Morgan fingerprint density at radius 1 is 1.20 bits per heavy atom. The molecule has 0 bridgehead atoms. The number of hydrogen-bond donors (Lipinski definition) is 1. The highest BCUT2D eigenvalue weighted by atomic mass is 32.2. The van der Waals surface area contributed by atoms with Gasteiger partial charge in [-0.15, -0.1) is 0 Å². The van der Waals surface area contributed by atoms with Crippen LogP contribution in [0.1, 0.15) is 25.7 Å². The molecule has 2 saturated heterocycles. The Morgan fingerprint density at radius 2 is 2.00 bits per heavy atom. The summed E-state index contributed by atoms with van der Waals surface area (Å²) in [6, 6.07) is 0.107. The summed E-state index contributed by atoms with van der Waals surface area (Å²) in [4.78, 5) is 14.2. The van der Waals surface area contributed by atoms with Crippen LogP contribution in [0.25, 0.3) is 0 Å². The number of rotatable bonds is 1. The van der Waals surface area contributed by atoms with Crippen LogP contribution in [-0.4, -0.2) is 48.0 Å². The SMILES string of the molecule is O=C([C@@H]1CCCCCN1)N1CCSCC1. The largest absolute Gasteiger partial charge is 0.340 e. The molecule has 0 aromatic rings. The van der Waals surface area contributed by atoms with Crippen LogP contribution in [-0.2, 0) is 4.79 Å². The summed E-state index contributed by atoms with van der Waals surface area (Å²) in [6.45, 7) is 2.91. The van der Waals surface area contributed by atoms with Crippen molar-refractivity contribution >= 4 is 17.7 Å². The molecule has 0 aliphatic carbocycles. The van der Waals surface area contributed by atoms with Crippen LogP contribution < -0.4 is 5.32 Å². The lowest BCUT2D eigenvalue weighted by atomic mass is 10.1. The van der Waals surface area contributed by atoms with E-state index in [-0.39, 0.29) is 6.04 Å². The standard InChI is InChI=1S/C11H20N2OS/c14-11(13-6-8-15-9-7-13)10-4-2-1-3-5-12-10/h10,12H,1-9H2/t10-/m0/s1. The van der Waals surface area contributed by atoms with Gasteiger partial charge in [-0.3, -0.25) is 4.79 Å². The molecule has 2 aliphatic rings. The van der Waals surface area contributed by atoms with Gasteiger partial charge in [0.25, 0.3) is 0 Å². The average molecular weight is 228 g/mol. The number of nitrogens with one attached hydrogen (secondary N) is 1. The van der Waals surface area contributed by atoms with Gasteiger partial charge in [-0.1, -0.05) is 12.8 Å². The molecule has 0 aromatic heterocycles. The smallest absolute Gasteiger partial charge is 0.239 e. The lowest BCUT2D eigenvalue weighted by Gasteiger charge is -2.30. The monoisotopic (exact) mass is 228 g/mol. The number of carbonyl (C=O) groups excluding carboxylic acids is 1. The minimum Gasteiger partial charge on any atom is -0.340 e. The van der Waals surface area contributed by atoms with Crippen molar-refractivity contribution in [3.8, 4) is 0 Å². The van der Waals surface area contributed by atoms with Gasteiger partial charge in [0.2, 0.25) is 5.91 Å². The highest BCUT2D eigenvalue weighted by molar-refractivity contribution is 7.99. The highest BCUT2D eigenvalue weighted by Crippen LogP contribution is 2.14. The van der Waals surface area contributed by atoms with Crippen LogP contribution in [0, 0.1) is 0 Å². The van der Waals surface area contributed by atoms with E-state index in [4.69, 9.17) is 0 Å². The minimum absolute atomic E-state index is 0.107. The van der Waals surface area contributed by atoms with E-state index in [0.29, 0.717) is 5.91 Å². The van der Waals surface area contributed by atoms with Gasteiger partial charge < -0.3 is 10.2 Å². The van der Waals surface area contributed by atoms with Gasteiger partial charge in [0, 0.05) is 24.6 Å². The van der Waals surface area contributed by atoms with Crippen LogP contribution >= 0.6 is 11.8 Å². The Kier molecular flexibility index (Phi) is 4.32. The van der Waals surface area contributed by atoms with Crippen molar-refractivity contribution in [2.45, 2.75) is 31.7 Å². The molecular formula is C11H20N2OS. The Labute approximate surface area is 96.0 Å². The lowest BCUT2D eigenvalue weighted by Crippen LogP contribution is -2.48. The summed E-state index contributed by atoms with van der Waals surface area (Å²) < 4.78 is 0. The first-order valence-electron chi connectivity index (χ1n) is 5.98. The Morgan fingerprint density at radius 3 is 2.80 bits per heavy atom. The van der Waals surface area contributed by atoms with E-state index in [1.165, 1.54) is 19.3 Å². The molecular weight excluding hydrogens is 208 g/mol. The van der Waals surface area contributed by atoms with E-state index >= 15 is 0 Å². The van der Waals surface area contributed by atoms with E-state index in [1.54, 1.807) is 0 Å². The molecule has 0 spiro atoms. The Bertz CT molecular complexity index is 209. The van der Waals surface area contributed by atoms with E-state index < -0.39 is 0 Å². The van der Waals surface area contributed by atoms with Crippen molar-refractivity contribution in [1.82, 2.24) is 10.2 Å². The predicted molar refractivity (Wildman–Crippen MR) is 64.2 cm³/mol. The van der Waals surface area contributed by atoms with Crippen molar-refractivity contribution < 1.29 is 4.79 Å². The lowest BCUT2D eigenvalue weighted by molar-refractivity contribution is -0.133. The summed E-state index contributed by atoms with van der Waals surface area (Å²) in [6.07, 6.45) is 4.72. The Balaban J connectivity index is 1.87. The van der Waals surface area contributed by atoms with Gasteiger partial charge in [-0.2, -0.15) is 11.8 Å². The molecule has 2 rings (SSSR count). The summed E-state index contributed by atoms with van der Waals surface area (Å²) in [5.74, 6) is 2.56. The van der Waals surface area contributed by atoms with Gasteiger partial charge in [-0.05, 0) is 19.4 Å². The fraction of sp³-hybridized carbons (Fsp3) is 0.909. The van der Waals surface area contributed by atoms with E-state index in [2.05, 4.69) is 5.32 Å². The van der Waals surface area contributed by atoms with Crippen molar-refractivity contribution in [3.63, 3.8) is 0 Å². The molecule has 2 aliphatic heterocycles. The second-order valence-electron chi connectivity index (χ2n) is 4.29. The quantitative estimate of drug-likeness (QED) is 0.729. The third-order valence-electron chi connectivity index (χ3n) is 3.18. The van der Waals surface area contributed by atoms with Crippen molar-refractivity contribution in [2.24, 2.45) is 0 Å². The second kappa shape index (κ2) is 5.75. The van der Waals surface area contributed by atoms with Gasteiger partial charge in [-0.25, -0.2) is 0 Å². The van der Waals surface area contributed by atoms with E-state index in [1.807, 2.05) is 16.7 Å². The zero-order valence-electron chi connectivity index (χ0n) is 9.21. The van der Waals surface area contributed by atoms with Crippen LogP contribution in [0.4, 0.5) is 0 Å². The van der Waals surface area contributed by atoms with Crippen molar-refractivity contribution in [1.29, 1.82) is 0 Å². The fourth-order valence-electron chi connectivity index (χ4n) is 2.24. The molecule has 86 valence electrons. The van der Waals surface area contributed by atoms with Crippen LogP contribution in [0.5, 0.6) is 0 Å². The molecule has 15 heavy (non-hydrogen) atoms. The first kappa shape index (κ1) is 11.3. The minimum atomic E-state index is 0.107. The molecule has 0 aromatic carbocycles. The van der Waals surface area contributed by atoms with Gasteiger partial charge in [0.1, 0.15) is 0 Å². The van der Waals surface area contributed by atoms with Crippen molar-refractivity contribution in [2.75, 3.05) is 31.1 Å². The summed E-state index contributed by atoms with van der Waals surface area (Å²) in [7, 11) is 0. The molecule has 1 atom stereocenters. The third-order valence-corrected chi connectivity index (χ3v) is 4.12. The van der Waals surface area contributed by atoms with Crippen molar-refractivity contribution in [3.05, 3.63) is 0 Å². The van der Waals surface area contributed by atoms with Gasteiger partial charge in [0.05, 0.1) is 6.04 Å². The zero-order valence-corrected chi connectivity index (χ0v) is 10.0. The molecule has 3 nitrogen and oxygen atoms in total. The maximum Gasteiger partial charge on any atom is 0.239 e. The van der Waals surface area contributed by atoms with E-state index in [0.717, 1.165) is 37.6 Å². The average Bonchev–Trinajstić information content (AvgIpc) is 2.58. The fourth-order valence-corrected chi connectivity index (χ4v) is 3.15. The molecule has 0 unspecified atom stereocenters. The van der Waals surface area contributed by atoms with Crippen LogP contribution in [0.15, 0.2) is 0 Å². The molecule has 1 N–H and O–H groups in total. The normalized spacial score (nSPS) is 28.5. The number of amides is 1. The maximum atomic E-state index is 12.2. The maximum absolute atomic E-state index is 12.2. The number of thioether (sulfide) groups is 1. The Hall–Kier alpha value is -0.220. The topological polar surface area (TPSA) is 32.3 Å². The molecule has 0 saturated carbocycles.